The zero-order valence-corrected chi connectivity index (χ0v) is 9.21. The summed E-state index contributed by atoms with van der Waals surface area (Å²) in [5, 5.41) is 6.39. The number of hydrogen-bond acceptors (Lipinski definition) is 4. The SMILES string of the molecule is CNc1cc(OCC2CCN2)cnc1C. The molecule has 2 heterocycles. The molecule has 4 heteroatoms. The molecule has 1 fully saturated rings. The minimum Gasteiger partial charge on any atom is -0.490 e. The van der Waals surface area contributed by atoms with Crippen LogP contribution in [0.4, 0.5) is 5.69 Å². The van der Waals surface area contributed by atoms with Gasteiger partial charge in [0.2, 0.25) is 0 Å². The normalized spacial score (nSPS) is 19.5. The van der Waals surface area contributed by atoms with Crippen LogP contribution in [0.15, 0.2) is 12.3 Å². The van der Waals surface area contributed by atoms with E-state index in [-0.39, 0.29) is 0 Å². The third-order valence-electron chi connectivity index (χ3n) is 2.71. The van der Waals surface area contributed by atoms with Crippen molar-refractivity contribution >= 4 is 5.69 Å². The summed E-state index contributed by atoms with van der Waals surface area (Å²) >= 11 is 0. The van der Waals surface area contributed by atoms with Gasteiger partial charge in [0.05, 0.1) is 17.6 Å². The van der Waals surface area contributed by atoms with E-state index in [4.69, 9.17) is 4.74 Å². The number of hydrogen-bond donors (Lipinski definition) is 2. The van der Waals surface area contributed by atoms with Crippen LogP contribution < -0.4 is 15.4 Å². The van der Waals surface area contributed by atoms with Gasteiger partial charge in [-0.3, -0.25) is 4.98 Å². The topological polar surface area (TPSA) is 46.2 Å². The smallest absolute Gasteiger partial charge is 0.139 e. The van der Waals surface area contributed by atoms with Gasteiger partial charge in [0.1, 0.15) is 12.4 Å². The Balaban J connectivity index is 1.95. The van der Waals surface area contributed by atoms with E-state index in [9.17, 15) is 0 Å². The number of nitrogens with one attached hydrogen (secondary N) is 2. The maximum Gasteiger partial charge on any atom is 0.139 e. The third-order valence-corrected chi connectivity index (χ3v) is 2.71. The molecule has 1 aliphatic rings. The Bertz CT molecular complexity index is 337. The zero-order chi connectivity index (χ0) is 10.7. The fourth-order valence-electron chi connectivity index (χ4n) is 1.53. The standard InChI is InChI=1S/C11H17N3O/c1-8-11(12-2)5-10(6-14-8)15-7-9-3-4-13-9/h5-6,9,12-13H,3-4,7H2,1-2H3. The average Bonchev–Trinajstić information content (AvgIpc) is 2.18. The molecule has 1 aliphatic heterocycles. The van der Waals surface area contributed by atoms with Gasteiger partial charge in [0.25, 0.3) is 0 Å². The lowest BCUT2D eigenvalue weighted by molar-refractivity contribution is 0.217. The van der Waals surface area contributed by atoms with Crippen molar-refractivity contribution in [3.63, 3.8) is 0 Å². The Hall–Kier alpha value is -1.29. The van der Waals surface area contributed by atoms with Crippen molar-refractivity contribution in [2.45, 2.75) is 19.4 Å². The summed E-state index contributed by atoms with van der Waals surface area (Å²) in [4.78, 5) is 4.26. The van der Waals surface area contributed by atoms with Crippen molar-refractivity contribution in [2.75, 3.05) is 25.5 Å². The number of aromatic nitrogens is 1. The lowest BCUT2D eigenvalue weighted by atomic mass is 10.1. The van der Waals surface area contributed by atoms with E-state index in [1.807, 2.05) is 20.0 Å². The Kier molecular flexibility index (Phi) is 3.06. The zero-order valence-electron chi connectivity index (χ0n) is 9.21. The van der Waals surface area contributed by atoms with Crippen LogP contribution in [0.5, 0.6) is 5.75 Å². The molecular weight excluding hydrogens is 190 g/mol. The first-order valence-corrected chi connectivity index (χ1v) is 5.30. The van der Waals surface area contributed by atoms with Crippen LogP contribution in [0.3, 0.4) is 0 Å². The number of anilines is 1. The molecule has 0 aromatic carbocycles. The largest absolute Gasteiger partial charge is 0.490 e. The molecule has 4 nitrogen and oxygen atoms in total. The monoisotopic (exact) mass is 207 g/mol. The second-order valence-corrected chi connectivity index (χ2v) is 3.80. The number of pyridine rings is 1. The highest BCUT2D eigenvalue weighted by molar-refractivity contribution is 5.50. The molecule has 15 heavy (non-hydrogen) atoms. The summed E-state index contributed by atoms with van der Waals surface area (Å²) < 4.78 is 5.64. The number of ether oxygens (including phenoxy) is 1. The molecule has 0 saturated carbocycles. The van der Waals surface area contributed by atoms with Crippen molar-refractivity contribution in [3.05, 3.63) is 18.0 Å². The Morgan fingerprint density at radius 3 is 3.07 bits per heavy atom. The number of nitrogens with zero attached hydrogens (tertiary/aromatic N) is 1. The van der Waals surface area contributed by atoms with E-state index in [2.05, 4.69) is 15.6 Å². The summed E-state index contributed by atoms with van der Waals surface area (Å²) in [5.41, 5.74) is 2.01. The van der Waals surface area contributed by atoms with Gasteiger partial charge in [0.15, 0.2) is 0 Å². The first kappa shape index (κ1) is 10.2. The van der Waals surface area contributed by atoms with Crippen LogP contribution >= 0.6 is 0 Å². The highest BCUT2D eigenvalue weighted by Crippen LogP contribution is 2.19. The Morgan fingerprint density at radius 1 is 1.67 bits per heavy atom. The molecule has 1 unspecified atom stereocenters. The van der Waals surface area contributed by atoms with Crippen LogP contribution in [0.25, 0.3) is 0 Å². The van der Waals surface area contributed by atoms with Crippen molar-refractivity contribution in [1.82, 2.24) is 10.3 Å². The maximum atomic E-state index is 5.64. The van der Waals surface area contributed by atoms with E-state index in [1.165, 1.54) is 6.42 Å². The first-order chi connectivity index (χ1) is 7.29. The summed E-state index contributed by atoms with van der Waals surface area (Å²) in [7, 11) is 1.89. The minimum absolute atomic E-state index is 0.518. The Labute approximate surface area is 90.0 Å². The second-order valence-electron chi connectivity index (χ2n) is 3.80. The van der Waals surface area contributed by atoms with Gasteiger partial charge in [-0.15, -0.1) is 0 Å². The van der Waals surface area contributed by atoms with E-state index >= 15 is 0 Å². The van der Waals surface area contributed by atoms with E-state index in [1.54, 1.807) is 6.20 Å². The summed E-state index contributed by atoms with van der Waals surface area (Å²) in [6, 6.07) is 2.51. The van der Waals surface area contributed by atoms with Gasteiger partial charge < -0.3 is 15.4 Å². The lowest BCUT2D eigenvalue weighted by Crippen LogP contribution is -2.46. The van der Waals surface area contributed by atoms with Gasteiger partial charge in [-0.1, -0.05) is 0 Å². The van der Waals surface area contributed by atoms with Crippen LogP contribution in [0, 0.1) is 6.92 Å². The molecule has 1 aromatic heterocycles. The number of aryl methyl sites for hydroxylation is 1. The summed E-state index contributed by atoms with van der Waals surface area (Å²) in [6.45, 7) is 3.82. The molecule has 1 saturated heterocycles. The molecule has 0 aliphatic carbocycles. The van der Waals surface area contributed by atoms with Gasteiger partial charge in [0, 0.05) is 19.2 Å². The van der Waals surface area contributed by atoms with Crippen LogP contribution in [-0.2, 0) is 0 Å². The Morgan fingerprint density at radius 2 is 2.47 bits per heavy atom. The van der Waals surface area contributed by atoms with E-state index in [0.29, 0.717) is 6.04 Å². The van der Waals surface area contributed by atoms with Crippen molar-refractivity contribution in [2.24, 2.45) is 0 Å². The van der Waals surface area contributed by atoms with Gasteiger partial charge in [-0.25, -0.2) is 0 Å². The average molecular weight is 207 g/mol. The molecule has 0 radical (unpaired) electrons. The third kappa shape index (κ3) is 2.39. The molecule has 2 N–H and O–H groups in total. The molecule has 0 amide bonds. The van der Waals surface area contributed by atoms with Crippen LogP contribution in [0.2, 0.25) is 0 Å². The second kappa shape index (κ2) is 4.49. The van der Waals surface area contributed by atoms with Crippen molar-refractivity contribution in [3.8, 4) is 5.75 Å². The summed E-state index contributed by atoms with van der Waals surface area (Å²) in [5.74, 6) is 0.832. The van der Waals surface area contributed by atoms with Gasteiger partial charge in [-0.2, -0.15) is 0 Å². The summed E-state index contributed by atoms with van der Waals surface area (Å²) in [6.07, 6.45) is 2.98. The van der Waals surface area contributed by atoms with Crippen LogP contribution in [-0.4, -0.2) is 31.2 Å². The fourth-order valence-corrected chi connectivity index (χ4v) is 1.53. The van der Waals surface area contributed by atoms with E-state index in [0.717, 1.165) is 30.3 Å². The van der Waals surface area contributed by atoms with Crippen molar-refractivity contribution in [1.29, 1.82) is 0 Å². The molecule has 0 spiro atoms. The molecule has 1 atom stereocenters. The molecular formula is C11H17N3O. The molecule has 0 bridgehead atoms. The van der Waals surface area contributed by atoms with Gasteiger partial charge >= 0.3 is 0 Å². The highest BCUT2D eigenvalue weighted by Gasteiger charge is 2.16. The van der Waals surface area contributed by atoms with Crippen LogP contribution in [0.1, 0.15) is 12.1 Å². The molecule has 1 aromatic rings. The number of rotatable bonds is 4. The maximum absolute atomic E-state index is 5.64. The fraction of sp³-hybridized carbons (Fsp3) is 0.545. The predicted molar refractivity (Wildman–Crippen MR) is 60.4 cm³/mol. The first-order valence-electron chi connectivity index (χ1n) is 5.30. The predicted octanol–water partition coefficient (Wildman–Crippen LogP) is 1.17. The highest BCUT2D eigenvalue weighted by atomic mass is 16.5. The van der Waals surface area contributed by atoms with Crippen molar-refractivity contribution < 1.29 is 4.74 Å². The molecule has 82 valence electrons. The van der Waals surface area contributed by atoms with Gasteiger partial charge in [-0.05, 0) is 19.9 Å². The quantitative estimate of drug-likeness (QED) is 0.778. The minimum atomic E-state index is 0.518. The van der Waals surface area contributed by atoms with E-state index < -0.39 is 0 Å². The lowest BCUT2D eigenvalue weighted by Gasteiger charge is -2.27. The molecule has 2 rings (SSSR count).